The summed E-state index contributed by atoms with van der Waals surface area (Å²) in [6.45, 7) is 0. The minimum atomic E-state index is -0.924. The smallest absolute Gasteiger partial charge is 0.336 e. The van der Waals surface area contributed by atoms with Gasteiger partial charge in [-0.3, -0.25) is 9.59 Å². The zero-order valence-corrected chi connectivity index (χ0v) is 17.5. The molecular formula is C24H18ClN3O4. The zero-order chi connectivity index (χ0) is 22.8. The van der Waals surface area contributed by atoms with Gasteiger partial charge in [-0.1, -0.05) is 41.9 Å². The molecule has 0 aliphatic rings. The lowest BCUT2D eigenvalue weighted by atomic mass is 10.2. The number of hydrazone groups is 1. The van der Waals surface area contributed by atoms with Crippen LogP contribution in [0.2, 0.25) is 5.02 Å². The molecular weight excluding hydrogens is 430 g/mol. The van der Waals surface area contributed by atoms with Gasteiger partial charge in [-0.05, 0) is 65.7 Å². The second-order valence-corrected chi connectivity index (χ2v) is 6.83. The van der Waals surface area contributed by atoms with Gasteiger partial charge in [0.25, 0.3) is 0 Å². The molecule has 0 heterocycles. The van der Waals surface area contributed by atoms with Crippen LogP contribution in [-0.2, 0) is 14.4 Å². The first kappa shape index (κ1) is 22.5. The third-order valence-corrected chi connectivity index (χ3v) is 4.25. The number of rotatable bonds is 6. The largest absolute Gasteiger partial charge is 0.423 e. The molecule has 0 aromatic heterocycles. The normalized spacial score (nSPS) is 10.8. The Morgan fingerprint density at radius 1 is 0.812 bits per heavy atom. The molecule has 0 spiro atoms. The second kappa shape index (κ2) is 11.2. The highest BCUT2D eigenvalue weighted by molar-refractivity contribution is 6.39. The molecule has 0 unspecified atom stereocenters. The van der Waals surface area contributed by atoms with Crippen LogP contribution < -0.4 is 15.5 Å². The number of carbonyl (C=O) groups is 3. The predicted octanol–water partition coefficient (Wildman–Crippen LogP) is 4.05. The van der Waals surface area contributed by atoms with Crippen LogP contribution in [0.1, 0.15) is 11.1 Å². The van der Waals surface area contributed by atoms with Crippen molar-refractivity contribution >= 4 is 47.4 Å². The molecule has 2 amide bonds. The highest BCUT2D eigenvalue weighted by Gasteiger charge is 2.12. The number of nitrogens with zero attached hydrogens (tertiary/aromatic N) is 1. The van der Waals surface area contributed by atoms with E-state index in [4.69, 9.17) is 16.3 Å². The van der Waals surface area contributed by atoms with Gasteiger partial charge in [-0.15, -0.1) is 0 Å². The lowest BCUT2D eigenvalue weighted by Crippen LogP contribution is -2.32. The first-order valence-electron chi connectivity index (χ1n) is 9.44. The maximum atomic E-state index is 11.9. The predicted molar refractivity (Wildman–Crippen MR) is 123 cm³/mol. The van der Waals surface area contributed by atoms with Crippen LogP contribution in [0.4, 0.5) is 5.69 Å². The van der Waals surface area contributed by atoms with Crippen molar-refractivity contribution in [2.24, 2.45) is 5.10 Å². The van der Waals surface area contributed by atoms with Crippen LogP contribution in [-0.4, -0.2) is 24.0 Å². The average molecular weight is 448 g/mol. The van der Waals surface area contributed by atoms with E-state index in [1.807, 2.05) is 30.3 Å². The molecule has 0 aliphatic carbocycles. The first-order valence-corrected chi connectivity index (χ1v) is 9.82. The number of carbonyl (C=O) groups excluding carboxylic acids is 3. The number of hydrogen-bond acceptors (Lipinski definition) is 5. The van der Waals surface area contributed by atoms with Crippen molar-refractivity contribution in [2.45, 2.75) is 0 Å². The Hall–Kier alpha value is -4.23. The number of nitrogens with one attached hydrogen (secondary N) is 2. The fraction of sp³-hybridized carbons (Fsp3) is 0. The molecule has 3 aromatic rings. The van der Waals surface area contributed by atoms with Crippen molar-refractivity contribution < 1.29 is 19.1 Å². The molecule has 7 nitrogen and oxygen atoms in total. The van der Waals surface area contributed by atoms with E-state index in [9.17, 15) is 14.4 Å². The Bertz CT molecular complexity index is 1140. The van der Waals surface area contributed by atoms with E-state index in [2.05, 4.69) is 15.8 Å². The van der Waals surface area contributed by atoms with Crippen molar-refractivity contribution in [3.63, 3.8) is 0 Å². The maximum absolute atomic E-state index is 11.9. The molecule has 32 heavy (non-hydrogen) atoms. The Morgan fingerprint density at radius 2 is 1.50 bits per heavy atom. The highest BCUT2D eigenvalue weighted by Crippen LogP contribution is 2.13. The summed E-state index contributed by atoms with van der Waals surface area (Å²) in [7, 11) is 0. The van der Waals surface area contributed by atoms with Crippen LogP contribution in [0.3, 0.4) is 0 Å². The lowest BCUT2D eigenvalue weighted by molar-refractivity contribution is -0.136. The van der Waals surface area contributed by atoms with Crippen molar-refractivity contribution in [1.82, 2.24) is 5.43 Å². The summed E-state index contributed by atoms with van der Waals surface area (Å²) in [4.78, 5) is 35.6. The average Bonchev–Trinajstić information content (AvgIpc) is 2.81. The number of benzene rings is 3. The summed E-state index contributed by atoms with van der Waals surface area (Å²) in [5.41, 5.74) is 4.09. The van der Waals surface area contributed by atoms with Crippen LogP contribution in [0.15, 0.2) is 90.0 Å². The van der Waals surface area contributed by atoms with Gasteiger partial charge >= 0.3 is 17.8 Å². The summed E-state index contributed by atoms with van der Waals surface area (Å²) < 4.78 is 5.23. The van der Waals surface area contributed by atoms with E-state index in [0.29, 0.717) is 22.0 Å². The van der Waals surface area contributed by atoms with Gasteiger partial charge in [0.2, 0.25) is 0 Å². The van der Waals surface area contributed by atoms with Crippen molar-refractivity contribution in [2.75, 3.05) is 5.32 Å². The van der Waals surface area contributed by atoms with E-state index in [-0.39, 0.29) is 0 Å². The van der Waals surface area contributed by atoms with Crippen molar-refractivity contribution in [3.8, 4) is 5.75 Å². The Morgan fingerprint density at radius 3 is 2.19 bits per heavy atom. The van der Waals surface area contributed by atoms with Gasteiger partial charge in [0.05, 0.1) is 6.21 Å². The van der Waals surface area contributed by atoms with E-state index < -0.39 is 17.8 Å². The highest BCUT2D eigenvalue weighted by atomic mass is 35.5. The standard InChI is InChI=1S/C24H18ClN3O4/c25-19-9-11-20(12-10-19)27-23(30)24(31)28-26-16-18-6-13-21(14-7-18)32-22(29)15-8-17-4-2-1-3-5-17/h1-16H,(H,27,30)(H,28,31). The summed E-state index contributed by atoms with van der Waals surface area (Å²) in [5, 5.41) is 6.69. The number of anilines is 1. The van der Waals surface area contributed by atoms with Gasteiger partial charge < -0.3 is 10.1 Å². The fourth-order valence-corrected chi connectivity index (χ4v) is 2.56. The Balaban J connectivity index is 1.46. The topological polar surface area (TPSA) is 96.9 Å². The van der Waals surface area contributed by atoms with Gasteiger partial charge in [0, 0.05) is 16.8 Å². The van der Waals surface area contributed by atoms with Gasteiger partial charge in [0.1, 0.15) is 5.75 Å². The minimum Gasteiger partial charge on any atom is -0.423 e. The lowest BCUT2D eigenvalue weighted by Gasteiger charge is -2.04. The van der Waals surface area contributed by atoms with Crippen LogP contribution in [0, 0.1) is 0 Å². The Labute approximate surface area is 189 Å². The van der Waals surface area contributed by atoms with Crippen molar-refractivity contribution in [1.29, 1.82) is 0 Å². The van der Waals surface area contributed by atoms with Gasteiger partial charge in [-0.2, -0.15) is 5.10 Å². The fourth-order valence-electron chi connectivity index (χ4n) is 2.44. The number of hydrogen-bond donors (Lipinski definition) is 2. The van der Waals surface area contributed by atoms with E-state index in [0.717, 1.165) is 5.56 Å². The molecule has 3 rings (SSSR count). The van der Waals surface area contributed by atoms with E-state index in [1.54, 1.807) is 54.6 Å². The first-order chi connectivity index (χ1) is 15.5. The molecule has 0 radical (unpaired) electrons. The van der Waals surface area contributed by atoms with Gasteiger partial charge in [0.15, 0.2) is 0 Å². The van der Waals surface area contributed by atoms with E-state index in [1.165, 1.54) is 12.3 Å². The third kappa shape index (κ3) is 7.23. The third-order valence-electron chi connectivity index (χ3n) is 4.00. The number of halogens is 1. The summed E-state index contributed by atoms with van der Waals surface area (Å²) in [6.07, 6.45) is 4.36. The zero-order valence-electron chi connectivity index (χ0n) is 16.7. The summed E-state index contributed by atoms with van der Waals surface area (Å²) in [5.74, 6) is -1.94. The molecule has 0 saturated heterocycles. The van der Waals surface area contributed by atoms with Crippen molar-refractivity contribution in [3.05, 3.63) is 101 Å². The molecule has 0 saturated carbocycles. The molecule has 8 heteroatoms. The van der Waals surface area contributed by atoms with Crippen LogP contribution >= 0.6 is 11.6 Å². The quantitative estimate of drug-likeness (QED) is 0.149. The summed E-state index contributed by atoms with van der Waals surface area (Å²) >= 11 is 5.77. The van der Waals surface area contributed by atoms with Gasteiger partial charge in [-0.25, -0.2) is 10.2 Å². The second-order valence-electron chi connectivity index (χ2n) is 6.39. The Kier molecular flexibility index (Phi) is 7.89. The molecule has 3 aromatic carbocycles. The number of esters is 1. The monoisotopic (exact) mass is 447 g/mol. The van der Waals surface area contributed by atoms with Crippen LogP contribution in [0.25, 0.3) is 6.08 Å². The van der Waals surface area contributed by atoms with E-state index >= 15 is 0 Å². The molecule has 160 valence electrons. The molecule has 0 aliphatic heterocycles. The molecule has 0 fully saturated rings. The molecule has 0 bridgehead atoms. The van der Waals surface area contributed by atoms with Crippen LogP contribution in [0.5, 0.6) is 5.75 Å². The number of ether oxygens (including phenoxy) is 1. The SMILES string of the molecule is O=C(C=Cc1ccccc1)Oc1ccc(C=NNC(=O)C(=O)Nc2ccc(Cl)cc2)cc1. The summed E-state index contributed by atoms with van der Waals surface area (Å²) in [6, 6.07) is 22.2. The number of amides is 2. The molecule has 2 N–H and O–H groups in total. The molecule has 0 atom stereocenters. The maximum Gasteiger partial charge on any atom is 0.336 e. The minimum absolute atomic E-state index is 0.358.